The lowest BCUT2D eigenvalue weighted by atomic mass is 10.1. The molecule has 6 heteroatoms. The first-order chi connectivity index (χ1) is 11.6. The van der Waals surface area contributed by atoms with Crippen molar-refractivity contribution >= 4 is 23.3 Å². The van der Waals surface area contributed by atoms with Crippen molar-refractivity contribution in [3.05, 3.63) is 54.2 Å². The van der Waals surface area contributed by atoms with Crippen LogP contribution in [0.2, 0.25) is 0 Å². The largest absolute Gasteiger partial charge is 0.353 e. The summed E-state index contributed by atoms with van der Waals surface area (Å²) in [6.07, 6.45) is 1.78. The molecule has 0 unspecified atom stereocenters. The van der Waals surface area contributed by atoms with Crippen LogP contribution < -0.4 is 10.2 Å². The standard InChI is InChI=1S/C18H20N4O2/c1-14(23)20-16-6-4-5-15(13-16)18(24)22-11-9-21(10-12-22)17-7-2-3-8-19-17/h2-8,13H,9-12H2,1H3,(H,20,23). The maximum Gasteiger partial charge on any atom is 0.254 e. The van der Waals surface area contributed by atoms with Gasteiger partial charge in [-0.05, 0) is 30.3 Å². The molecule has 24 heavy (non-hydrogen) atoms. The molecular formula is C18H20N4O2. The lowest BCUT2D eigenvalue weighted by Gasteiger charge is -2.35. The number of carbonyl (C=O) groups excluding carboxylic acids is 2. The Bertz CT molecular complexity index is 725. The van der Waals surface area contributed by atoms with E-state index in [1.54, 1.807) is 30.5 Å². The minimum atomic E-state index is -0.149. The Balaban J connectivity index is 1.64. The molecule has 124 valence electrons. The van der Waals surface area contributed by atoms with E-state index in [0.717, 1.165) is 18.9 Å². The Labute approximate surface area is 141 Å². The van der Waals surface area contributed by atoms with Gasteiger partial charge in [-0.1, -0.05) is 12.1 Å². The van der Waals surface area contributed by atoms with E-state index in [-0.39, 0.29) is 11.8 Å². The third-order valence-corrected chi connectivity index (χ3v) is 3.97. The summed E-state index contributed by atoms with van der Waals surface area (Å²) in [4.78, 5) is 32.2. The van der Waals surface area contributed by atoms with Crippen LogP contribution in [-0.2, 0) is 4.79 Å². The van der Waals surface area contributed by atoms with E-state index in [2.05, 4.69) is 15.2 Å². The lowest BCUT2D eigenvalue weighted by Crippen LogP contribution is -2.49. The van der Waals surface area contributed by atoms with E-state index < -0.39 is 0 Å². The van der Waals surface area contributed by atoms with E-state index in [1.165, 1.54) is 6.92 Å². The van der Waals surface area contributed by atoms with E-state index >= 15 is 0 Å². The SMILES string of the molecule is CC(=O)Nc1cccc(C(=O)N2CCN(c3ccccn3)CC2)c1. The first-order valence-electron chi connectivity index (χ1n) is 7.96. The predicted octanol–water partition coefficient (Wildman–Crippen LogP) is 2.00. The van der Waals surface area contributed by atoms with Gasteiger partial charge in [0.15, 0.2) is 0 Å². The van der Waals surface area contributed by atoms with Crippen LogP contribution in [0.1, 0.15) is 17.3 Å². The highest BCUT2D eigenvalue weighted by molar-refractivity contribution is 5.97. The van der Waals surface area contributed by atoms with Gasteiger partial charge in [0.05, 0.1) is 0 Å². The van der Waals surface area contributed by atoms with Crippen LogP contribution in [-0.4, -0.2) is 47.9 Å². The summed E-state index contributed by atoms with van der Waals surface area (Å²) in [6, 6.07) is 12.9. The summed E-state index contributed by atoms with van der Waals surface area (Å²) in [5.41, 5.74) is 1.23. The molecule has 1 aromatic carbocycles. The van der Waals surface area contributed by atoms with Gasteiger partial charge in [-0.3, -0.25) is 9.59 Å². The Morgan fingerprint density at radius 3 is 2.50 bits per heavy atom. The molecule has 2 amide bonds. The zero-order valence-corrected chi connectivity index (χ0v) is 13.6. The number of benzene rings is 1. The number of amides is 2. The van der Waals surface area contributed by atoms with Crippen molar-refractivity contribution in [2.45, 2.75) is 6.92 Å². The lowest BCUT2D eigenvalue weighted by molar-refractivity contribution is -0.114. The molecule has 0 atom stereocenters. The molecule has 1 saturated heterocycles. The summed E-state index contributed by atoms with van der Waals surface area (Å²) in [7, 11) is 0. The van der Waals surface area contributed by atoms with Crippen molar-refractivity contribution in [3.8, 4) is 0 Å². The van der Waals surface area contributed by atoms with Gasteiger partial charge in [-0.25, -0.2) is 4.98 Å². The minimum absolute atomic E-state index is 0.0112. The topological polar surface area (TPSA) is 65.5 Å². The number of nitrogens with zero attached hydrogens (tertiary/aromatic N) is 3. The number of piperazine rings is 1. The smallest absolute Gasteiger partial charge is 0.254 e. The fourth-order valence-corrected chi connectivity index (χ4v) is 2.80. The van der Waals surface area contributed by atoms with Gasteiger partial charge in [0.2, 0.25) is 5.91 Å². The molecule has 1 aromatic heterocycles. The Hall–Kier alpha value is -2.89. The van der Waals surface area contributed by atoms with Gasteiger partial charge in [-0.2, -0.15) is 0 Å². The highest BCUT2D eigenvalue weighted by Crippen LogP contribution is 2.16. The first-order valence-corrected chi connectivity index (χ1v) is 7.96. The average molecular weight is 324 g/mol. The summed E-state index contributed by atoms with van der Waals surface area (Å²) in [5.74, 6) is 0.781. The van der Waals surface area contributed by atoms with Crippen LogP contribution in [0, 0.1) is 0 Å². The monoisotopic (exact) mass is 324 g/mol. The predicted molar refractivity (Wildman–Crippen MR) is 93.1 cm³/mol. The molecule has 0 spiro atoms. The number of nitrogens with one attached hydrogen (secondary N) is 1. The van der Waals surface area contributed by atoms with Crippen LogP contribution in [0.25, 0.3) is 0 Å². The first kappa shape index (κ1) is 16.0. The molecule has 0 aliphatic carbocycles. The maximum absolute atomic E-state index is 12.7. The quantitative estimate of drug-likeness (QED) is 0.938. The third kappa shape index (κ3) is 3.71. The molecule has 0 radical (unpaired) electrons. The third-order valence-electron chi connectivity index (χ3n) is 3.97. The highest BCUT2D eigenvalue weighted by atomic mass is 16.2. The number of pyridine rings is 1. The fourth-order valence-electron chi connectivity index (χ4n) is 2.80. The van der Waals surface area contributed by atoms with Crippen molar-refractivity contribution in [2.24, 2.45) is 0 Å². The van der Waals surface area contributed by atoms with E-state index in [0.29, 0.717) is 24.3 Å². The molecule has 1 N–H and O–H groups in total. The van der Waals surface area contributed by atoms with Crippen molar-refractivity contribution < 1.29 is 9.59 Å². The van der Waals surface area contributed by atoms with Gasteiger partial charge in [0, 0.05) is 50.6 Å². The molecular weight excluding hydrogens is 304 g/mol. The molecule has 0 bridgehead atoms. The highest BCUT2D eigenvalue weighted by Gasteiger charge is 2.22. The summed E-state index contributed by atoms with van der Waals surface area (Å²) >= 11 is 0. The Morgan fingerprint density at radius 2 is 1.83 bits per heavy atom. The van der Waals surface area contributed by atoms with Crippen molar-refractivity contribution in [2.75, 3.05) is 36.4 Å². The van der Waals surface area contributed by atoms with E-state index in [9.17, 15) is 9.59 Å². The molecule has 3 rings (SSSR count). The number of carbonyl (C=O) groups is 2. The van der Waals surface area contributed by atoms with Gasteiger partial charge >= 0.3 is 0 Å². The van der Waals surface area contributed by atoms with E-state index in [4.69, 9.17) is 0 Å². The molecule has 2 heterocycles. The molecule has 2 aromatic rings. The van der Waals surface area contributed by atoms with Gasteiger partial charge in [0.25, 0.3) is 5.91 Å². The van der Waals surface area contributed by atoms with Crippen LogP contribution in [0.4, 0.5) is 11.5 Å². The van der Waals surface area contributed by atoms with Crippen LogP contribution >= 0.6 is 0 Å². The molecule has 1 aliphatic rings. The second kappa shape index (κ2) is 7.12. The Kier molecular flexibility index (Phi) is 4.74. The normalized spacial score (nSPS) is 14.4. The van der Waals surface area contributed by atoms with E-state index in [1.807, 2.05) is 23.1 Å². The van der Waals surface area contributed by atoms with Gasteiger partial charge in [-0.15, -0.1) is 0 Å². The summed E-state index contributed by atoms with van der Waals surface area (Å²) in [5, 5.41) is 2.71. The molecule has 0 saturated carbocycles. The van der Waals surface area contributed by atoms with Crippen molar-refractivity contribution in [3.63, 3.8) is 0 Å². The average Bonchev–Trinajstić information content (AvgIpc) is 2.62. The van der Waals surface area contributed by atoms with Crippen molar-refractivity contribution in [1.29, 1.82) is 0 Å². The summed E-state index contributed by atoms with van der Waals surface area (Å²) < 4.78 is 0. The molecule has 1 fully saturated rings. The number of hydrogen-bond donors (Lipinski definition) is 1. The van der Waals surface area contributed by atoms with Crippen molar-refractivity contribution in [1.82, 2.24) is 9.88 Å². The summed E-state index contributed by atoms with van der Waals surface area (Å²) in [6.45, 7) is 4.27. The second-order valence-corrected chi connectivity index (χ2v) is 5.73. The van der Waals surface area contributed by atoms with Crippen LogP contribution in [0.3, 0.4) is 0 Å². The number of aromatic nitrogens is 1. The fraction of sp³-hybridized carbons (Fsp3) is 0.278. The Morgan fingerprint density at radius 1 is 1.04 bits per heavy atom. The minimum Gasteiger partial charge on any atom is -0.353 e. The van der Waals surface area contributed by atoms with Crippen LogP contribution in [0.15, 0.2) is 48.7 Å². The number of hydrogen-bond acceptors (Lipinski definition) is 4. The zero-order chi connectivity index (χ0) is 16.9. The molecule has 1 aliphatic heterocycles. The maximum atomic E-state index is 12.7. The van der Waals surface area contributed by atoms with Gasteiger partial charge in [0.1, 0.15) is 5.82 Å². The second-order valence-electron chi connectivity index (χ2n) is 5.73. The van der Waals surface area contributed by atoms with Gasteiger partial charge < -0.3 is 15.1 Å². The number of rotatable bonds is 3. The van der Waals surface area contributed by atoms with Crippen LogP contribution in [0.5, 0.6) is 0 Å². The number of anilines is 2. The molecule has 6 nitrogen and oxygen atoms in total. The zero-order valence-electron chi connectivity index (χ0n) is 13.6.